The molecule has 0 spiro atoms. The van der Waals surface area contributed by atoms with Crippen molar-refractivity contribution in [3.05, 3.63) is 41.2 Å². The van der Waals surface area contributed by atoms with Crippen LogP contribution < -0.4 is 0 Å². The van der Waals surface area contributed by atoms with Gasteiger partial charge in [0.25, 0.3) is 0 Å². The SMILES string of the molecule is Cc1nc(C(F)(F)F)ncc1CN1CCCC(c2ccn(CCO)n2)C1. The van der Waals surface area contributed by atoms with E-state index in [1.165, 1.54) is 6.20 Å². The van der Waals surface area contributed by atoms with Gasteiger partial charge in [-0.15, -0.1) is 0 Å². The maximum atomic E-state index is 12.7. The van der Waals surface area contributed by atoms with Crippen LogP contribution in [-0.2, 0) is 19.3 Å². The molecular weight excluding hydrogens is 347 g/mol. The van der Waals surface area contributed by atoms with E-state index in [0.717, 1.165) is 31.6 Å². The Labute approximate surface area is 149 Å². The second kappa shape index (κ2) is 7.71. The maximum absolute atomic E-state index is 12.7. The predicted octanol–water partition coefficient (Wildman–Crippen LogP) is 2.37. The van der Waals surface area contributed by atoms with E-state index in [-0.39, 0.29) is 12.5 Å². The fourth-order valence-electron chi connectivity index (χ4n) is 3.29. The summed E-state index contributed by atoms with van der Waals surface area (Å²) in [7, 11) is 0. The molecule has 9 heteroatoms. The number of aryl methyl sites for hydroxylation is 1. The van der Waals surface area contributed by atoms with Crippen molar-refractivity contribution in [2.75, 3.05) is 19.7 Å². The van der Waals surface area contributed by atoms with Crippen molar-refractivity contribution in [1.82, 2.24) is 24.6 Å². The molecule has 6 nitrogen and oxygen atoms in total. The lowest BCUT2D eigenvalue weighted by Crippen LogP contribution is -2.34. The number of nitrogens with zero attached hydrogens (tertiary/aromatic N) is 5. The molecule has 0 saturated carbocycles. The molecule has 1 unspecified atom stereocenters. The Bertz CT molecular complexity index is 746. The summed E-state index contributed by atoms with van der Waals surface area (Å²) in [4.78, 5) is 9.29. The largest absolute Gasteiger partial charge is 0.451 e. The first-order chi connectivity index (χ1) is 12.4. The van der Waals surface area contributed by atoms with Crippen molar-refractivity contribution in [3.63, 3.8) is 0 Å². The minimum Gasteiger partial charge on any atom is -0.394 e. The number of halogens is 3. The van der Waals surface area contributed by atoms with E-state index < -0.39 is 12.0 Å². The monoisotopic (exact) mass is 369 g/mol. The number of aliphatic hydroxyl groups is 1. The highest BCUT2D eigenvalue weighted by molar-refractivity contribution is 5.17. The average Bonchev–Trinajstić information content (AvgIpc) is 3.05. The number of hydrogen-bond donors (Lipinski definition) is 1. The van der Waals surface area contributed by atoms with Crippen molar-refractivity contribution in [1.29, 1.82) is 0 Å². The third kappa shape index (κ3) is 4.39. The number of hydrogen-bond acceptors (Lipinski definition) is 5. The summed E-state index contributed by atoms with van der Waals surface area (Å²) in [5.41, 5.74) is 2.06. The van der Waals surface area contributed by atoms with Gasteiger partial charge in [0.15, 0.2) is 0 Å². The Morgan fingerprint density at radius 1 is 1.35 bits per heavy atom. The number of alkyl halides is 3. The average molecular weight is 369 g/mol. The van der Waals surface area contributed by atoms with Crippen LogP contribution in [0.2, 0.25) is 0 Å². The lowest BCUT2D eigenvalue weighted by atomic mass is 9.94. The molecule has 0 aromatic carbocycles. The second-order valence-electron chi connectivity index (χ2n) is 6.60. The molecule has 2 aromatic rings. The normalized spacial score (nSPS) is 19.0. The number of aromatic nitrogens is 4. The standard InChI is InChI=1S/C17H22F3N5O/c1-12-14(9-21-16(22-12)17(18,19)20)11-24-5-2-3-13(10-24)15-4-6-25(23-15)7-8-26/h4,6,9,13,26H,2-3,5,7-8,10-11H2,1H3. The number of piperidine rings is 1. The quantitative estimate of drug-likeness (QED) is 0.877. The molecule has 1 aliphatic rings. The lowest BCUT2D eigenvalue weighted by molar-refractivity contribution is -0.145. The fourth-order valence-corrected chi connectivity index (χ4v) is 3.29. The summed E-state index contributed by atoms with van der Waals surface area (Å²) in [5, 5.41) is 13.5. The molecular formula is C17H22F3N5O. The van der Waals surface area contributed by atoms with Gasteiger partial charge in [-0.3, -0.25) is 9.58 Å². The zero-order valence-corrected chi connectivity index (χ0v) is 14.6. The molecule has 1 aliphatic heterocycles. The molecule has 1 fully saturated rings. The maximum Gasteiger partial charge on any atom is 0.451 e. The molecule has 0 amide bonds. The van der Waals surface area contributed by atoms with Crippen molar-refractivity contribution >= 4 is 0 Å². The van der Waals surface area contributed by atoms with E-state index in [1.54, 1.807) is 11.6 Å². The third-order valence-corrected chi connectivity index (χ3v) is 4.64. The Hall–Kier alpha value is -2.00. The van der Waals surface area contributed by atoms with Crippen LogP contribution in [0.4, 0.5) is 13.2 Å². The summed E-state index contributed by atoms with van der Waals surface area (Å²) in [6.07, 6.45) is 0.642. The van der Waals surface area contributed by atoms with Gasteiger partial charge in [0.05, 0.1) is 18.8 Å². The van der Waals surface area contributed by atoms with Gasteiger partial charge in [-0.05, 0) is 32.4 Å². The minimum atomic E-state index is -4.52. The summed E-state index contributed by atoms with van der Waals surface area (Å²) in [6, 6.07) is 1.97. The molecule has 1 N–H and O–H groups in total. The van der Waals surface area contributed by atoms with Gasteiger partial charge in [0.2, 0.25) is 5.82 Å². The Morgan fingerprint density at radius 2 is 2.15 bits per heavy atom. The Morgan fingerprint density at radius 3 is 2.85 bits per heavy atom. The molecule has 3 heterocycles. The van der Waals surface area contributed by atoms with Crippen molar-refractivity contribution in [3.8, 4) is 0 Å². The first kappa shape index (κ1) is 18.8. The van der Waals surface area contributed by atoms with Crippen molar-refractivity contribution < 1.29 is 18.3 Å². The predicted molar refractivity (Wildman–Crippen MR) is 88.3 cm³/mol. The van der Waals surface area contributed by atoms with E-state index >= 15 is 0 Å². The van der Waals surface area contributed by atoms with Crippen LogP contribution in [0.15, 0.2) is 18.5 Å². The zero-order valence-electron chi connectivity index (χ0n) is 14.6. The summed E-state index contributed by atoms with van der Waals surface area (Å²) >= 11 is 0. The van der Waals surface area contributed by atoms with Crippen LogP contribution in [0.3, 0.4) is 0 Å². The van der Waals surface area contributed by atoms with E-state index in [9.17, 15) is 13.2 Å². The van der Waals surface area contributed by atoms with E-state index in [1.807, 2.05) is 12.3 Å². The molecule has 2 aromatic heterocycles. The van der Waals surface area contributed by atoms with Gasteiger partial charge in [-0.25, -0.2) is 9.97 Å². The van der Waals surface area contributed by atoms with Gasteiger partial charge >= 0.3 is 6.18 Å². The van der Waals surface area contributed by atoms with E-state index in [0.29, 0.717) is 24.3 Å². The van der Waals surface area contributed by atoms with Crippen LogP contribution >= 0.6 is 0 Å². The van der Waals surface area contributed by atoms with Gasteiger partial charge in [-0.2, -0.15) is 18.3 Å². The molecule has 26 heavy (non-hydrogen) atoms. The molecule has 0 radical (unpaired) electrons. The Balaban J connectivity index is 1.66. The lowest BCUT2D eigenvalue weighted by Gasteiger charge is -2.32. The highest BCUT2D eigenvalue weighted by Crippen LogP contribution is 2.28. The van der Waals surface area contributed by atoms with E-state index in [4.69, 9.17) is 5.11 Å². The van der Waals surface area contributed by atoms with Crippen LogP contribution in [0.25, 0.3) is 0 Å². The first-order valence-electron chi connectivity index (χ1n) is 8.63. The minimum absolute atomic E-state index is 0.0467. The van der Waals surface area contributed by atoms with Crippen LogP contribution in [-0.4, -0.2) is 49.5 Å². The number of aliphatic hydroxyl groups excluding tert-OH is 1. The highest BCUT2D eigenvalue weighted by atomic mass is 19.4. The van der Waals surface area contributed by atoms with Gasteiger partial charge in [-0.1, -0.05) is 0 Å². The molecule has 142 valence electrons. The van der Waals surface area contributed by atoms with Gasteiger partial charge in [0.1, 0.15) is 0 Å². The summed E-state index contributed by atoms with van der Waals surface area (Å²) in [6.45, 7) is 4.30. The zero-order chi connectivity index (χ0) is 18.7. The molecule has 3 rings (SSSR count). The molecule has 1 atom stereocenters. The van der Waals surface area contributed by atoms with Crippen LogP contribution in [0.5, 0.6) is 0 Å². The fraction of sp³-hybridized carbons (Fsp3) is 0.588. The number of likely N-dealkylation sites (tertiary alicyclic amines) is 1. The molecule has 0 aliphatic carbocycles. The first-order valence-corrected chi connectivity index (χ1v) is 8.63. The summed E-state index contributed by atoms with van der Waals surface area (Å²) in [5.74, 6) is -0.816. The summed E-state index contributed by atoms with van der Waals surface area (Å²) < 4.78 is 39.8. The third-order valence-electron chi connectivity index (χ3n) is 4.64. The van der Waals surface area contributed by atoms with Crippen molar-refractivity contribution in [2.24, 2.45) is 0 Å². The molecule has 1 saturated heterocycles. The van der Waals surface area contributed by atoms with Crippen LogP contribution in [0, 0.1) is 6.92 Å². The smallest absolute Gasteiger partial charge is 0.394 e. The topological polar surface area (TPSA) is 67.1 Å². The Kier molecular flexibility index (Phi) is 5.57. The van der Waals surface area contributed by atoms with Gasteiger partial charge in [0, 0.05) is 42.7 Å². The van der Waals surface area contributed by atoms with Crippen molar-refractivity contribution in [2.45, 2.75) is 44.9 Å². The van der Waals surface area contributed by atoms with E-state index in [2.05, 4.69) is 20.0 Å². The van der Waals surface area contributed by atoms with Crippen LogP contribution in [0.1, 0.15) is 41.5 Å². The highest BCUT2D eigenvalue weighted by Gasteiger charge is 2.35. The van der Waals surface area contributed by atoms with Gasteiger partial charge < -0.3 is 5.11 Å². The number of rotatable bonds is 5. The second-order valence-corrected chi connectivity index (χ2v) is 6.60. The molecule has 0 bridgehead atoms.